The monoisotopic (exact) mass is 318 g/mol. The fourth-order valence-electron chi connectivity index (χ4n) is 4.25. The summed E-state index contributed by atoms with van der Waals surface area (Å²) in [5.41, 5.74) is 0.553. The molecule has 2 fully saturated rings. The van der Waals surface area contributed by atoms with Crippen LogP contribution in [-0.4, -0.2) is 37.0 Å². The van der Waals surface area contributed by atoms with E-state index in [0.717, 1.165) is 57.2 Å². The van der Waals surface area contributed by atoms with Crippen LogP contribution in [0, 0.1) is 5.82 Å². The Morgan fingerprint density at radius 3 is 2.52 bits per heavy atom. The first-order chi connectivity index (χ1) is 11.2. The highest BCUT2D eigenvalue weighted by Gasteiger charge is 2.44. The molecule has 126 valence electrons. The molecule has 1 saturated carbocycles. The third-order valence-corrected chi connectivity index (χ3v) is 5.63. The molecule has 1 unspecified atom stereocenters. The highest BCUT2D eigenvalue weighted by Crippen LogP contribution is 2.41. The Kier molecular flexibility index (Phi) is 5.00. The second-order valence-corrected chi connectivity index (χ2v) is 7.03. The molecular weight excluding hydrogens is 291 g/mol. The zero-order valence-corrected chi connectivity index (χ0v) is 14.0. The van der Waals surface area contributed by atoms with Gasteiger partial charge in [0.15, 0.2) is 0 Å². The van der Waals surface area contributed by atoms with Gasteiger partial charge in [-0.1, -0.05) is 31.4 Å². The van der Waals surface area contributed by atoms with E-state index in [-0.39, 0.29) is 11.7 Å². The lowest BCUT2D eigenvalue weighted by molar-refractivity contribution is -0.140. The van der Waals surface area contributed by atoms with Crippen molar-refractivity contribution >= 4 is 5.91 Å². The minimum Gasteiger partial charge on any atom is -0.340 e. The van der Waals surface area contributed by atoms with Gasteiger partial charge in [0.05, 0.1) is 5.41 Å². The number of benzene rings is 1. The molecule has 1 aromatic carbocycles. The average Bonchev–Trinajstić information content (AvgIpc) is 2.62. The molecule has 1 aliphatic heterocycles. The van der Waals surface area contributed by atoms with E-state index in [1.165, 1.54) is 18.6 Å². The van der Waals surface area contributed by atoms with Gasteiger partial charge in [-0.25, -0.2) is 4.39 Å². The number of likely N-dealkylation sites (N-methyl/N-ethyl adjacent to an activating group) is 1. The minimum atomic E-state index is -0.443. The van der Waals surface area contributed by atoms with E-state index in [9.17, 15) is 9.18 Å². The van der Waals surface area contributed by atoms with Crippen molar-refractivity contribution in [3.05, 3.63) is 35.6 Å². The number of likely N-dealkylation sites (tertiary alicyclic amines) is 1. The smallest absolute Gasteiger partial charge is 0.233 e. The van der Waals surface area contributed by atoms with Crippen LogP contribution in [0.5, 0.6) is 0 Å². The second kappa shape index (κ2) is 7.00. The molecule has 1 aromatic rings. The highest BCUT2D eigenvalue weighted by atomic mass is 19.1. The van der Waals surface area contributed by atoms with E-state index in [4.69, 9.17) is 0 Å². The number of piperidine rings is 1. The summed E-state index contributed by atoms with van der Waals surface area (Å²) in [6, 6.07) is 7.01. The molecule has 1 saturated heterocycles. The van der Waals surface area contributed by atoms with Crippen LogP contribution in [0.1, 0.15) is 50.5 Å². The Labute approximate surface area is 138 Å². The van der Waals surface area contributed by atoms with Crippen LogP contribution in [0.4, 0.5) is 4.39 Å². The number of hydrogen-bond acceptors (Lipinski definition) is 2. The summed E-state index contributed by atoms with van der Waals surface area (Å²) in [5.74, 6) is 0.0177. The summed E-state index contributed by atoms with van der Waals surface area (Å²) in [6.07, 6.45) is 7.30. The zero-order chi connectivity index (χ0) is 16.3. The van der Waals surface area contributed by atoms with Gasteiger partial charge in [0.2, 0.25) is 5.91 Å². The van der Waals surface area contributed by atoms with E-state index in [2.05, 4.69) is 5.32 Å². The molecule has 3 rings (SSSR count). The van der Waals surface area contributed by atoms with Crippen molar-refractivity contribution in [3.8, 4) is 0 Å². The fraction of sp³-hybridized carbons (Fsp3) is 0.632. The summed E-state index contributed by atoms with van der Waals surface area (Å²) < 4.78 is 13.3. The second-order valence-electron chi connectivity index (χ2n) is 7.03. The van der Waals surface area contributed by atoms with E-state index in [1.807, 2.05) is 24.1 Å². The van der Waals surface area contributed by atoms with Crippen molar-refractivity contribution in [3.63, 3.8) is 0 Å². The third-order valence-electron chi connectivity index (χ3n) is 5.63. The first kappa shape index (κ1) is 16.4. The quantitative estimate of drug-likeness (QED) is 0.928. The zero-order valence-electron chi connectivity index (χ0n) is 14.0. The van der Waals surface area contributed by atoms with Crippen LogP contribution in [0.15, 0.2) is 24.3 Å². The summed E-state index contributed by atoms with van der Waals surface area (Å²) in [7, 11) is 1.97. The molecule has 1 N–H and O–H groups in total. The van der Waals surface area contributed by atoms with Gasteiger partial charge in [0.1, 0.15) is 5.82 Å². The van der Waals surface area contributed by atoms with Crippen molar-refractivity contribution < 1.29 is 9.18 Å². The maximum absolute atomic E-state index is 13.4. The number of carbonyl (C=O) groups excluding carboxylic acids is 1. The molecule has 2 aliphatic rings. The molecule has 0 aromatic heterocycles. The van der Waals surface area contributed by atoms with E-state index in [1.54, 1.807) is 0 Å². The Morgan fingerprint density at radius 1 is 1.17 bits per heavy atom. The van der Waals surface area contributed by atoms with Gasteiger partial charge in [-0.05, 0) is 50.4 Å². The lowest BCUT2D eigenvalue weighted by atomic mass is 9.68. The van der Waals surface area contributed by atoms with Crippen LogP contribution >= 0.6 is 0 Å². The molecule has 1 heterocycles. The van der Waals surface area contributed by atoms with Gasteiger partial charge < -0.3 is 10.2 Å². The number of rotatable bonds is 3. The maximum Gasteiger partial charge on any atom is 0.233 e. The van der Waals surface area contributed by atoms with Crippen molar-refractivity contribution in [2.75, 3.05) is 20.1 Å². The third kappa shape index (κ3) is 3.27. The molecule has 0 spiro atoms. The summed E-state index contributed by atoms with van der Waals surface area (Å²) in [5, 5.41) is 3.31. The normalized spacial score (nSPS) is 24.4. The molecule has 0 radical (unpaired) electrons. The van der Waals surface area contributed by atoms with Crippen LogP contribution in [-0.2, 0) is 10.2 Å². The SMILES string of the molecule is CNC1CCCN(C(=O)C2(c3ccc(F)cc3)CCCCC2)C1. The van der Waals surface area contributed by atoms with Crippen LogP contribution in [0.25, 0.3) is 0 Å². The fourth-order valence-corrected chi connectivity index (χ4v) is 4.25. The Bertz CT molecular complexity index is 537. The van der Waals surface area contributed by atoms with Crippen molar-refractivity contribution in [1.29, 1.82) is 0 Å². The highest BCUT2D eigenvalue weighted by molar-refractivity contribution is 5.88. The topological polar surface area (TPSA) is 32.3 Å². The number of hydrogen-bond donors (Lipinski definition) is 1. The molecule has 1 amide bonds. The van der Waals surface area contributed by atoms with Gasteiger partial charge in [-0.3, -0.25) is 4.79 Å². The van der Waals surface area contributed by atoms with E-state index in [0.29, 0.717) is 6.04 Å². The van der Waals surface area contributed by atoms with Crippen molar-refractivity contribution in [2.45, 2.75) is 56.4 Å². The molecule has 3 nitrogen and oxygen atoms in total. The van der Waals surface area contributed by atoms with Gasteiger partial charge in [0, 0.05) is 19.1 Å². The standard InChI is InChI=1S/C19H27FN2O/c1-21-17-6-5-13-22(14-17)18(23)19(11-3-2-4-12-19)15-7-9-16(20)10-8-15/h7-10,17,21H,2-6,11-14H2,1H3. The van der Waals surface area contributed by atoms with Gasteiger partial charge >= 0.3 is 0 Å². The number of nitrogens with one attached hydrogen (secondary N) is 1. The molecule has 4 heteroatoms. The average molecular weight is 318 g/mol. The van der Waals surface area contributed by atoms with Crippen LogP contribution in [0.3, 0.4) is 0 Å². The largest absolute Gasteiger partial charge is 0.340 e. The lowest BCUT2D eigenvalue weighted by Crippen LogP contribution is -2.54. The van der Waals surface area contributed by atoms with E-state index < -0.39 is 5.41 Å². The van der Waals surface area contributed by atoms with Gasteiger partial charge in [0.25, 0.3) is 0 Å². The van der Waals surface area contributed by atoms with Crippen LogP contribution in [0.2, 0.25) is 0 Å². The Morgan fingerprint density at radius 2 is 1.87 bits per heavy atom. The number of carbonyl (C=O) groups is 1. The molecular formula is C19H27FN2O. The summed E-state index contributed by atoms with van der Waals surface area (Å²) in [4.78, 5) is 15.5. The molecule has 1 atom stereocenters. The Hall–Kier alpha value is -1.42. The summed E-state index contributed by atoms with van der Waals surface area (Å²) >= 11 is 0. The van der Waals surface area contributed by atoms with E-state index >= 15 is 0 Å². The predicted molar refractivity (Wildman–Crippen MR) is 89.8 cm³/mol. The predicted octanol–water partition coefficient (Wildman–Crippen LogP) is 3.24. The Balaban J connectivity index is 1.89. The first-order valence-corrected chi connectivity index (χ1v) is 8.88. The number of halogens is 1. The first-order valence-electron chi connectivity index (χ1n) is 8.88. The van der Waals surface area contributed by atoms with Crippen LogP contribution < -0.4 is 5.32 Å². The lowest BCUT2D eigenvalue weighted by Gasteiger charge is -2.43. The summed E-state index contributed by atoms with van der Waals surface area (Å²) in [6.45, 7) is 1.64. The molecule has 23 heavy (non-hydrogen) atoms. The molecule has 1 aliphatic carbocycles. The van der Waals surface area contributed by atoms with Crippen molar-refractivity contribution in [1.82, 2.24) is 10.2 Å². The number of nitrogens with zero attached hydrogens (tertiary/aromatic N) is 1. The van der Waals surface area contributed by atoms with Gasteiger partial charge in [-0.15, -0.1) is 0 Å². The van der Waals surface area contributed by atoms with Crippen molar-refractivity contribution in [2.24, 2.45) is 0 Å². The van der Waals surface area contributed by atoms with Gasteiger partial charge in [-0.2, -0.15) is 0 Å². The minimum absolute atomic E-state index is 0.236. The maximum atomic E-state index is 13.4. The molecule has 0 bridgehead atoms. The number of amides is 1.